The molecule has 1 aliphatic carbocycles. The van der Waals surface area contributed by atoms with Crippen LogP contribution in [0.3, 0.4) is 0 Å². The lowest BCUT2D eigenvalue weighted by Crippen LogP contribution is -2.40. The van der Waals surface area contributed by atoms with E-state index in [0.29, 0.717) is 6.54 Å². The first-order valence-corrected chi connectivity index (χ1v) is 9.96. The van der Waals surface area contributed by atoms with Crippen LogP contribution < -0.4 is 15.8 Å². The van der Waals surface area contributed by atoms with Crippen LogP contribution >= 0.6 is 0 Å². The van der Waals surface area contributed by atoms with Gasteiger partial charge in [-0.1, -0.05) is 31.0 Å². The number of hydrogen-bond acceptors (Lipinski definition) is 3. The van der Waals surface area contributed by atoms with Crippen molar-refractivity contribution < 1.29 is 13.9 Å². The molecule has 1 aromatic heterocycles. The third kappa shape index (κ3) is 3.72. The number of halogens is 1. The van der Waals surface area contributed by atoms with Gasteiger partial charge >= 0.3 is 0 Å². The number of carbonyl (C=O) groups is 1. The summed E-state index contributed by atoms with van der Waals surface area (Å²) < 4.78 is 21.8. The molecule has 1 aliphatic rings. The molecule has 0 bridgehead atoms. The van der Waals surface area contributed by atoms with Crippen LogP contribution in [0.15, 0.2) is 48.7 Å². The lowest BCUT2D eigenvalue weighted by molar-refractivity contribution is -0.118. The predicted octanol–water partition coefficient (Wildman–Crippen LogP) is 3.83. The topological polar surface area (TPSA) is 69.3 Å². The van der Waals surface area contributed by atoms with Gasteiger partial charge in [-0.05, 0) is 42.7 Å². The fourth-order valence-electron chi connectivity index (χ4n) is 4.55. The van der Waals surface area contributed by atoms with Crippen molar-refractivity contribution in [3.63, 3.8) is 0 Å². The Balaban J connectivity index is 1.69. The Hall–Kier alpha value is -2.86. The molecule has 2 aromatic carbocycles. The molecule has 1 heterocycles. The Bertz CT molecular complexity index is 1040. The second-order valence-corrected chi connectivity index (χ2v) is 7.75. The summed E-state index contributed by atoms with van der Waals surface area (Å²) in [5.41, 5.74) is 7.74. The van der Waals surface area contributed by atoms with E-state index in [1.807, 2.05) is 41.1 Å². The lowest BCUT2D eigenvalue weighted by atomic mass is 9.87. The van der Waals surface area contributed by atoms with E-state index in [0.717, 1.165) is 53.5 Å². The highest BCUT2D eigenvalue weighted by molar-refractivity contribution is 5.87. The fraction of sp³-hybridized carbons (Fsp3) is 0.348. The van der Waals surface area contributed by atoms with E-state index in [9.17, 15) is 9.18 Å². The number of benzene rings is 2. The number of nitrogens with one attached hydrogen (secondary N) is 1. The number of primary amides is 1. The smallest absolute Gasteiger partial charge is 0.237 e. The Kier molecular flexibility index (Phi) is 5.28. The number of fused-ring (bicyclic) bond motifs is 1. The van der Waals surface area contributed by atoms with E-state index in [4.69, 9.17) is 10.5 Å². The molecule has 152 valence electrons. The Morgan fingerprint density at radius 3 is 2.69 bits per heavy atom. The average molecular weight is 395 g/mol. The molecule has 6 heteroatoms. The third-order valence-corrected chi connectivity index (χ3v) is 5.96. The first kappa shape index (κ1) is 19.5. The summed E-state index contributed by atoms with van der Waals surface area (Å²) in [6.07, 6.45) is 5.89. The van der Waals surface area contributed by atoms with Gasteiger partial charge in [0, 0.05) is 34.7 Å². The van der Waals surface area contributed by atoms with Crippen molar-refractivity contribution in [2.24, 2.45) is 5.73 Å². The normalized spacial score (nSPS) is 15.7. The first-order valence-electron chi connectivity index (χ1n) is 9.96. The number of aromatic nitrogens is 1. The molecule has 0 atom stereocenters. The van der Waals surface area contributed by atoms with E-state index < -0.39 is 5.91 Å². The zero-order chi connectivity index (χ0) is 20.4. The minimum Gasteiger partial charge on any atom is -0.497 e. The number of ether oxygens (including phenoxy) is 1. The first-order chi connectivity index (χ1) is 14.0. The van der Waals surface area contributed by atoms with Crippen LogP contribution in [0.1, 0.15) is 36.8 Å². The number of nitrogens with zero attached hydrogens (tertiary/aromatic N) is 1. The quantitative estimate of drug-likeness (QED) is 0.639. The molecule has 0 aliphatic heterocycles. The van der Waals surface area contributed by atoms with Crippen LogP contribution in [0.4, 0.5) is 4.39 Å². The molecular formula is C23H26FN3O2. The Morgan fingerprint density at radius 2 is 2.00 bits per heavy atom. The molecule has 5 nitrogen and oxygen atoms in total. The maximum Gasteiger partial charge on any atom is 0.237 e. The fourth-order valence-corrected chi connectivity index (χ4v) is 4.55. The van der Waals surface area contributed by atoms with Crippen LogP contribution in [-0.2, 0) is 23.4 Å². The van der Waals surface area contributed by atoms with Crippen LogP contribution in [-0.4, -0.2) is 17.6 Å². The largest absolute Gasteiger partial charge is 0.497 e. The van der Waals surface area contributed by atoms with Gasteiger partial charge in [0.1, 0.15) is 18.1 Å². The summed E-state index contributed by atoms with van der Waals surface area (Å²) in [6.45, 7) is 0.672. The van der Waals surface area contributed by atoms with Gasteiger partial charge < -0.3 is 20.4 Å². The molecular weight excluding hydrogens is 369 g/mol. The van der Waals surface area contributed by atoms with Crippen molar-refractivity contribution in [1.82, 2.24) is 9.88 Å². The summed E-state index contributed by atoms with van der Waals surface area (Å²) in [4.78, 5) is 11.5. The molecule has 0 unspecified atom stereocenters. The third-order valence-electron chi connectivity index (χ3n) is 5.96. The van der Waals surface area contributed by atoms with Crippen LogP contribution in [0.25, 0.3) is 10.9 Å². The molecule has 1 fully saturated rings. The Morgan fingerprint density at radius 1 is 1.24 bits per heavy atom. The number of carbonyl (C=O) groups excluding carboxylic acids is 1. The van der Waals surface area contributed by atoms with Gasteiger partial charge in [0.15, 0.2) is 0 Å². The number of rotatable bonds is 7. The SMILES string of the molecule is COc1ccc2c(c1)c(CNC1(c3ccccc3F)CCCC1)cn2CC(N)=O. The van der Waals surface area contributed by atoms with Gasteiger partial charge in [-0.25, -0.2) is 4.39 Å². The molecule has 0 radical (unpaired) electrons. The molecule has 29 heavy (non-hydrogen) atoms. The van der Waals surface area contributed by atoms with Crippen LogP contribution in [0.5, 0.6) is 5.75 Å². The van der Waals surface area contributed by atoms with Crippen LogP contribution in [0, 0.1) is 5.82 Å². The second kappa shape index (κ2) is 7.87. The van der Waals surface area contributed by atoms with Crippen molar-refractivity contribution in [3.05, 3.63) is 65.6 Å². The minimum absolute atomic E-state index is 0.112. The molecule has 1 saturated carbocycles. The highest BCUT2D eigenvalue weighted by Gasteiger charge is 2.37. The summed E-state index contributed by atoms with van der Waals surface area (Å²) in [6, 6.07) is 12.8. The maximum absolute atomic E-state index is 14.6. The summed E-state index contributed by atoms with van der Waals surface area (Å²) in [5.74, 6) is 0.191. The highest BCUT2D eigenvalue weighted by Crippen LogP contribution is 2.40. The van der Waals surface area contributed by atoms with Crippen molar-refractivity contribution in [3.8, 4) is 5.75 Å². The summed E-state index contributed by atoms with van der Waals surface area (Å²) in [5, 5.41) is 4.65. The van der Waals surface area contributed by atoms with Crippen molar-refractivity contribution >= 4 is 16.8 Å². The van der Waals surface area contributed by atoms with Crippen molar-refractivity contribution in [1.29, 1.82) is 0 Å². The predicted molar refractivity (Wildman–Crippen MR) is 111 cm³/mol. The van der Waals surface area contributed by atoms with Crippen LogP contribution in [0.2, 0.25) is 0 Å². The zero-order valence-electron chi connectivity index (χ0n) is 16.6. The van der Waals surface area contributed by atoms with Gasteiger partial charge in [-0.15, -0.1) is 0 Å². The van der Waals surface area contributed by atoms with E-state index in [1.165, 1.54) is 6.07 Å². The molecule has 4 rings (SSSR count). The van der Waals surface area contributed by atoms with E-state index in [2.05, 4.69) is 5.32 Å². The lowest BCUT2D eigenvalue weighted by Gasteiger charge is -2.31. The van der Waals surface area contributed by atoms with E-state index in [1.54, 1.807) is 13.2 Å². The maximum atomic E-state index is 14.6. The standard InChI is InChI=1S/C23H26FN3O2/c1-29-17-8-9-21-18(12-17)16(14-27(21)15-22(25)28)13-26-23(10-4-5-11-23)19-6-2-3-7-20(19)24/h2-3,6-9,12,14,26H,4-5,10-11,13,15H2,1H3,(H2,25,28). The number of amides is 1. The van der Waals surface area contributed by atoms with Gasteiger partial charge in [0.25, 0.3) is 0 Å². The van der Waals surface area contributed by atoms with Crippen molar-refractivity contribution in [2.45, 2.75) is 44.3 Å². The molecule has 1 amide bonds. The van der Waals surface area contributed by atoms with Gasteiger partial charge in [-0.2, -0.15) is 0 Å². The van der Waals surface area contributed by atoms with Gasteiger partial charge in [0.2, 0.25) is 5.91 Å². The highest BCUT2D eigenvalue weighted by atomic mass is 19.1. The average Bonchev–Trinajstić information content (AvgIpc) is 3.32. The Labute approximate surface area is 169 Å². The monoisotopic (exact) mass is 395 g/mol. The molecule has 3 aromatic rings. The molecule has 0 spiro atoms. The molecule has 0 saturated heterocycles. The van der Waals surface area contributed by atoms with E-state index >= 15 is 0 Å². The second-order valence-electron chi connectivity index (χ2n) is 7.75. The number of nitrogens with two attached hydrogens (primary N) is 1. The number of methoxy groups -OCH3 is 1. The molecule has 3 N–H and O–H groups in total. The van der Waals surface area contributed by atoms with E-state index in [-0.39, 0.29) is 17.9 Å². The minimum atomic E-state index is -0.393. The number of hydrogen-bond donors (Lipinski definition) is 2. The van der Waals surface area contributed by atoms with Crippen molar-refractivity contribution in [2.75, 3.05) is 7.11 Å². The van der Waals surface area contributed by atoms with Gasteiger partial charge in [0.05, 0.1) is 7.11 Å². The summed E-state index contributed by atoms with van der Waals surface area (Å²) >= 11 is 0. The van der Waals surface area contributed by atoms with Gasteiger partial charge in [-0.3, -0.25) is 4.79 Å². The zero-order valence-corrected chi connectivity index (χ0v) is 16.6. The summed E-state index contributed by atoms with van der Waals surface area (Å²) in [7, 11) is 1.63.